The van der Waals surface area contributed by atoms with Crippen LogP contribution in [0.1, 0.15) is 54.6 Å². The number of nitrogen functional groups attached to an aromatic ring is 1. The predicted molar refractivity (Wildman–Crippen MR) is 102 cm³/mol. The molecule has 0 bridgehead atoms. The van der Waals surface area contributed by atoms with Crippen molar-refractivity contribution in [3.63, 3.8) is 0 Å². The number of nitrogens with two attached hydrogens (primary N) is 1. The van der Waals surface area contributed by atoms with Gasteiger partial charge in [0.15, 0.2) is 0 Å². The van der Waals surface area contributed by atoms with E-state index in [1.807, 2.05) is 23.6 Å². The van der Waals surface area contributed by atoms with Gasteiger partial charge in [0.1, 0.15) is 10.9 Å². The van der Waals surface area contributed by atoms with Gasteiger partial charge in [0, 0.05) is 6.20 Å². The lowest BCUT2D eigenvalue weighted by Crippen LogP contribution is -2.45. The van der Waals surface area contributed by atoms with Gasteiger partial charge in [0.2, 0.25) is 11.5 Å². The molecule has 7 nitrogen and oxygen atoms in total. The van der Waals surface area contributed by atoms with Crippen molar-refractivity contribution in [2.45, 2.75) is 45.6 Å². The number of aryl methyl sites for hydroxylation is 1. The van der Waals surface area contributed by atoms with E-state index in [1.165, 1.54) is 10.5 Å². The normalized spacial score (nSPS) is 14.9. The van der Waals surface area contributed by atoms with Crippen molar-refractivity contribution in [2.75, 3.05) is 12.3 Å². The molecular formula is C20H23N4O3+. The number of carbonyl (C=O) groups is 1. The Morgan fingerprint density at radius 3 is 2.81 bits per heavy atom. The lowest BCUT2D eigenvalue weighted by atomic mass is 10.1. The van der Waals surface area contributed by atoms with Crippen LogP contribution in [0, 0.1) is 6.92 Å². The molecule has 0 atom stereocenters. The predicted octanol–water partition coefficient (Wildman–Crippen LogP) is 2.32. The van der Waals surface area contributed by atoms with E-state index in [9.17, 15) is 9.59 Å². The van der Waals surface area contributed by atoms with Crippen LogP contribution in [0.2, 0.25) is 0 Å². The fraction of sp³-hybridized carbons (Fsp3) is 0.400. The number of pyridine rings is 2. The summed E-state index contributed by atoms with van der Waals surface area (Å²) >= 11 is 0. The minimum Gasteiger partial charge on any atom is -0.462 e. The number of carbonyl (C=O) groups excluding carboxylic acids is 1. The molecule has 27 heavy (non-hydrogen) atoms. The van der Waals surface area contributed by atoms with Crippen molar-refractivity contribution in [3.05, 3.63) is 45.9 Å². The van der Waals surface area contributed by atoms with E-state index in [-0.39, 0.29) is 23.8 Å². The fourth-order valence-corrected chi connectivity index (χ4v) is 3.92. The Balaban J connectivity index is 2.11. The molecule has 0 spiro atoms. The molecule has 7 heteroatoms. The number of aromatic nitrogens is 3. The van der Waals surface area contributed by atoms with Gasteiger partial charge < -0.3 is 10.5 Å². The van der Waals surface area contributed by atoms with E-state index < -0.39 is 5.97 Å². The first-order chi connectivity index (χ1) is 13.0. The fourth-order valence-electron chi connectivity index (χ4n) is 3.92. The Hall–Kier alpha value is -2.96. The Morgan fingerprint density at radius 1 is 1.37 bits per heavy atom. The van der Waals surface area contributed by atoms with Gasteiger partial charge in [-0.2, -0.15) is 0 Å². The average Bonchev–Trinajstić information content (AvgIpc) is 3.16. The van der Waals surface area contributed by atoms with Gasteiger partial charge >= 0.3 is 5.97 Å². The number of rotatable bonds is 3. The van der Waals surface area contributed by atoms with Crippen LogP contribution in [0.25, 0.3) is 16.7 Å². The lowest BCUT2D eigenvalue weighted by Gasteiger charge is -2.16. The van der Waals surface area contributed by atoms with Gasteiger partial charge in [0.25, 0.3) is 11.2 Å². The average molecular weight is 367 g/mol. The molecule has 0 unspecified atom stereocenters. The molecule has 3 heterocycles. The van der Waals surface area contributed by atoms with E-state index in [4.69, 9.17) is 15.5 Å². The maximum Gasteiger partial charge on any atom is 0.344 e. The van der Waals surface area contributed by atoms with E-state index >= 15 is 0 Å². The number of hydrogen-bond acceptors (Lipinski definition) is 5. The lowest BCUT2D eigenvalue weighted by molar-refractivity contribution is -0.685. The molecule has 1 saturated carbocycles. The van der Waals surface area contributed by atoms with Crippen molar-refractivity contribution in [1.82, 2.24) is 9.38 Å². The standard InChI is InChI=1S/C20H22N4O3/c1-3-27-20(26)14-10-15-18(24(17(14)21)13-6-4-5-7-13)22-16-9-8-12(2)11-23(16)19(15)25/h8-11,13,21H,3-7H2,1-2H3/p+1. The number of ether oxygens (including phenoxy) is 1. The SMILES string of the molecule is CCOC(=O)c1cc2c(=O)n3cc(C)ccc3nc2[n+](C2CCCC2)c1N. The van der Waals surface area contributed by atoms with Gasteiger partial charge in [-0.3, -0.25) is 9.20 Å². The second-order valence-corrected chi connectivity index (χ2v) is 7.06. The maximum absolute atomic E-state index is 13.2. The van der Waals surface area contributed by atoms with E-state index in [0.29, 0.717) is 22.5 Å². The third-order valence-electron chi connectivity index (χ3n) is 5.22. The number of fused-ring (bicyclic) bond motifs is 2. The van der Waals surface area contributed by atoms with Crippen molar-refractivity contribution >= 4 is 28.5 Å². The van der Waals surface area contributed by atoms with Gasteiger partial charge in [0.05, 0.1) is 12.6 Å². The molecule has 140 valence electrons. The molecule has 0 saturated heterocycles. The Kier molecular flexibility index (Phi) is 4.30. The van der Waals surface area contributed by atoms with E-state index in [1.54, 1.807) is 13.1 Å². The first-order valence-electron chi connectivity index (χ1n) is 9.35. The highest BCUT2D eigenvalue weighted by molar-refractivity contribution is 5.96. The molecule has 4 rings (SSSR count). The summed E-state index contributed by atoms with van der Waals surface area (Å²) in [6.45, 7) is 3.91. The first kappa shape index (κ1) is 17.5. The molecule has 0 aliphatic heterocycles. The topological polar surface area (TPSA) is 90.6 Å². The summed E-state index contributed by atoms with van der Waals surface area (Å²) < 4.78 is 8.55. The zero-order chi connectivity index (χ0) is 19.1. The number of hydrogen-bond donors (Lipinski definition) is 1. The Morgan fingerprint density at radius 2 is 2.11 bits per heavy atom. The smallest absolute Gasteiger partial charge is 0.344 e. The molecule has 1 fully saturated rings. The molecule has 0 radical (unpaired) electrons. The zero-order valence-corrected chi connectivity index (χ0v) is 15.6. The number of anilines is 1. The highest BCUT2D eigenvalue weighted by Crippen LogP contribution is 2.28. The quantitative estimate of drug-likeness (QED) is 0.436. The van der Waals surface area contributed by atoms with Crippen molar-refractivity contribution in [3.8, 4) is 0 Å². The van der Waals surface area contributed by atoms with Gasteiger partial charge in [-0.15, -0.1) is 0 Å². The molecule has 2 N–H and O–H groups in total. The summed E-state index contributed by atoms with van der Waals surface area (Å²) in [5.41, 5.74) is 8.45. The summed E-state index contributed by atoms with van der Waals surface area (Å²) in [6.07, 6.45) is 5.84. The molecule has 3 aromatic rings. The van der Waals surface area contributed by atoms with Crippen LogP contribution >= 0.6 is 0 Å². The van der Waals surface area contributed by atoms with Crippen LogP contribution in [0.3, 0.4) is 0 Å². The number of nitrogens with zero attached hydrogens (tertiary/aromatic N) is 3. The summed E-state index contributed by atoms with van der Waals surface area (Å²) in [5.74, 6) is -0.200. The summed E-state index contributed by atoms with van der Waals surface area (Å²) in [5, 5.41) is 0.377. The molecule has 0 amide bonds. The van der Waals surface area contributed by atoms with Crippen LogP contribution in [-0.4, -0.2) is 22.0 Å². The zero-order valence-electron chi connectivity index (χ0n) is 15.6. The second-order valence-electron chi connectivity index (χ2n) is 7.06. The Labute approximate surface area is 156 Å². The second kappa shape index (κ2) is 6.64. The molecule has 1 aliphatic carbocycles. The minimum atomic E-state index is -0.516. The minimum absolute atomic E-state index is 0.127. The molecular weight excluding hydrogens is 344 g/mol. The molecule has 3 aromatic heterocycles. The van der Waals surface area contributed by atoms with Gasteiger partial charge in [-0.25, -0.2) is 9.36 Å². The van der Waals surface area contributed by atoms with E-state index in [2.05, 4.69) is 0 Å². The van der Waals surface area contributed by atoms with Crippen molar-refractivity contribution in [2.24, 2.45) is 0 Å². The molecule has 0 aromatic carbocycles. The van der Waals surface area contributed by atoms with Gasteiger partial charge in [-0.05, 0) is 57.2 Å². The maximum atomic E-state index is 13.2. The number of esters is 1. The third kappa shape index (κ3) is 2.83. The van der Waals surface area contributed by atoms with Crippen LogP contribution in [0.15, 0.2) is 29.2 Å². The monoisotopic (exact) mass is 367 g/mol. The third-order valence-corrected chi connectivity index (χ3v) is 5.22. The van der Waals surface area contributed by atoms with E-state index in [0.717, 1.165) is 31.2 Å². The van der Waals surface area contributed by atoms with Crippen LogP contribution in [0.5, 0.6) is 0 Å². The molecule has 1 aliphatic rings. The Bertz CT molecular complexity index is 1110. The first-order valence-corrected chi connectivity index (χ1v) is 9.35. The van der Waals surface area contributed by atoms with Crippen molar-refractivity contribution in [1.29, 1.82) is 0 Å². The van der Waals surface area contributed by atoms with Crippen LogP contribution in [-0.2, 0) is 4.74 Å². The largest absolute Gasteiger partial charge is 0.462 e. The highest BCUT2D eigenvalue weighted by atomic mass is 16.5. The summed E-state index contributed by atoms with van der Waals surface area (Å²) in [4.78, 5) is 30.4. The van der Waals surface area contributed by atoms with Crippen LogP contribution < -0.4 is 15.9 Å². The summed E-state index contributed by atoms with van der Waals surface area (Å²) in [6, 6.07) is 5.40. The highest BCUT2D eigenvalue weighted by Gasteiger charge is 2.31. The summed E-state index contributed by atoms with van der Waals surface area (Å²) in [7, 11) is 0. The van der Waals surface area contributed by atoms with Gasteiger partial charge in [-0.1, -0.05) is 11.1 Å². The van der Waals surface area contributed by atoms with Crippen molar-refractivity contribution < 1.29 is 14.1 Å². The van der Waals surface area contributed by atoms with Crippen LogP contribution in [0.4, 0.5) is 5.82 Å².